The second-order valence-corrected chi connectivity index (χ2v) is 7.29. The Hall–Kier alpha value is -0.530. The molecule has 124 valence electrons. The Morgan fingerprint density at radius 3 is 1.68 bits per heavy atom. The van der Waals surface area contributed by atoms with Crippen LogP contribution in [0.5, 0.6) is 5.75 Å². The van der Waals surface area contributed by atoms with Crippen LogP contribution in [-0.2, 0) is 35.1 Å². The normalized spacial score (nSPS) is 21.6. The molecule has 0 amide bonds. The molecule has 22 heavy (non-hydrogen) atoms. The zero-order chi connectivity index (χ0) is 15.5. The molecule has 0 N–H and O–H groups in total. The fourth-order valence-electron chi connectivity index (χ4n) is 1.66. The zero-order valence-corrected chi connectivity index (χ0v) is 14.1. The molecule has 0 saturated carbocycles. The Bertz CT molecular complexity index is 440. The predicted molar refractivity (Wildman–Crippen MR) is 85.7 cm³/mol. The number of hydrogen-bond acceptors (Lipinski definition) is 7. The van der Waals surface area contributed by atoms with Gasteiger partial charge in [-0.15, -0.1) is 0 Å². The highest BCUT2D eigenvalue weighted by molar-refractivity contribution is 8.07. The molecule has 6 nitrogen and oxygen atoms in total. The van der Waals surface area contributed by atoms with E-state index in [9.17, 15) is 0 Å². The van der Waals surface area contributed by atoms with Crippen LogP contribution < -0.4 is 4.52 Å². The maximum atomic E-state index is 5.75. The maximum Gasteiger partial charge on any atom is 0.380 e. The summed E-state index contributed by atoms with van der Waals surface area (Å²) in [5, 5.41) is 0. The highest BCUT2D eigenvalue weighted by atomic mass is 32.5. The topological polar surface area (TPSA) is 55.4 Å². The molecule has 8 heteroatoms. The Kier molecular flexibility index (Phi) is 8.33. The summed E-state index contributed by atoms with van der Waals surface area (Å²) in [6.45, 7) is 0.669. The lowest BCUT2D eigenvalue weighted by molar-refractivity contribution is -0.00273. The van der Waals surface area contributed by atoms with Crippen LogP contribution in [-0.4, -0.2) is 52.9 Å². The summed E-state index contributed by atoms with van der Waals surface area (Å²) in [5.74, 6) is 0.627. The molecule has 1 fully saturated rings. The van der Waals surface area contributed by atoms with Crippen molar-refractivity contribution in [1.29, 1.82) is 0 Å². The monoisotopic (exact) mass is 348 g/mol. The van der Waals surface area contributed by atoms with E-state index in [1.165, 1.54) is 0 Å². The number of hydrogen-bond donors (Lipinski definition) is 0. The molecule has 0 spiro atoms. The number of rotatable bonds is 2. The molecule has 1 aromatic carbocycles. The average molecular weight is 348 g/mol. The van der Waals surface area contributed by atoms with E-state index in [0.29, 0.717) is 58.6 Å². The van der Waals surface area contributed by atoms with Crippen molar-refractivity contribution >= 4 is 18.5 Å². The van der Waals surface area contributed by atoms with Crippen LogP contribution in [0.1, 0.15) is 0 Å². The molecular weight excluding hydrogens is 327 g/mol. The smallest absolute Gasteiger partial charge is 0.380 e. The zero-order valence-electron chi connectivity index (χ0n) is 12.3. The third-order valence-electron chi connectivity index (χ3n) is 2.66. The van der Waals surface area contributed by atoms with Crippen molar-refractivity contribution in [3.63, 3.8) is 0 Å². The summed E-state index contributed by atoms with van der Waals surface area (Å²) < 4.78 is 33.1. The van der Waals surface area contributed by atoms with Crippen molar-refractivity contribution in [1.82, 2.24) is 0 Å². The van der Waals surface area contributed by atoms with Gasteiger partial charge in [-0.25, -0.2) is 0 Å². The molecule has 2 rings (SSSR count). The van der Waals surface area contributed by atoms with Crippen LogP contribution in [0.15, 0.2) is 30.3 Å². The minimum absolute atomic E-state index is 0.310. The van der Waals surface area contributed by atoms with Gasteiger partial charge in [-0.1, -0.05) is 18.2 Å². The van der Waals surface area contributed by atoms with Crippen molar-refractivity contribution in [3.8, 4) is 5.75 Å². The first-order valence-electron chi connectivity index (χ1n) is 7.15. The minimum atomic E-state index is -2.87. The van der Waals surface area contributed by atoms with E-state index in [2.05, 4.69) is 0 Å². The van der Waals surface area contributed by atoms with E-state index < -0.39 is 6.72 Å². The van der Waals surface area contributed by atoms with Crippen molar-refractivity contribution < 1.29 is 27.8 Å². The number of para-hydroxylation sites is 1. The molecule has 1 aromatic rings. The van der Waals surface area contributed by atoms with Crippen LogP contribution >= 0.6 is 6.72 Å². The molecule has 1 aliphatic rings. The van der Waals surface area contributed by atoms with Crippen LogP contribution in [0.2, 0.25) is 0 Å². The maximum absolute atomic E-state index is 5.75. The highest BCUT2D eigenvalue weighted by Gasteiger charge is 2.22. The van der Waals surface area contributed by atoms with Gasteiger partial charge in [0.2, 0.25) is 0 Å². The lowest BCUT2D eigenvalue weighted by Crippen LogP contribution is -2.15. The second kappa shape index (κ2) is 10.3. The number of benzene rings is 1. The molecule has 1 saturated heterocycles. The van der Waals surface area contributed by atoms with Crippen LogP contribution in [0.3, 0.4) is 0 Å². The van der Waals surface area contributed by atoms with E-state index in [1.54, 1.807) is 0 Å². The van der Waals surface area contributed by atoms with E-state index in [1.807, 2.05) is 30.3 Å². The van der Waals surface area contributed by atoms with Gasteiger partial charge in [0, 0.05) is 11.8 Å². The summed E-state index contributed by atoms with van der Waals surface area (Å²) in [6, 6.07) is 9.27. The van der Waals surface area contributed by atoms with E-state index >= 15 is 0 Å². The SMILES string of the molecule is S=P1(Oc2ccccc2)OCCOCCOCCOCCO1. The summed E-state index contributed by atoms with van der Waals surface area (Å²) in [5.41, 5.74) is 0. The van der Waals surface area contributed by atoms with E-state index in [0.717, 1.165) is 0 Å². The summed E-state index contributed by atoms with van der Waals surface area (Å²) in [4.78, 5) is 0. The average Bonchev–Trinajstić information content (AvgIpc) is 2.52. The van der Waals surface area contributed by atoms with Crippen LogP contribution in [0, 0.1) is 0 Å². The van der Waals surface area contributed by atoms with Crippen LogP contribution in [0.25, 0.3) is 0 Å². The molecule has 0 unspecified atom stereocenters. The van der Waals surface area contributed by atoms with Gasteiger partial charge in [0.05, 0.1) is 52.9 Å². The van der Waals surface area contributed by atoms with Crippen molar-refractivity contribution in [2.24, 2.45) is 0 Å². The first kappa shape index (κ1) is 17.8. The van der Waals surface area contributed by atoms with Gasteiger partial charge in [0.25, 0.3) is 0 Å². The molecular formula is C14H21O6PS. The fraction of sp³-hybridized carbons (Fsp3) is 0.571. The first-order chi connectivity index (χ1) is 10.8. The Morgan fingerprint density at radius 2 is 1.18 bits per heavy atom. The summed E-state index contributed by atoms with van der Waals surface area (Å²) in [7, 11) is 0. The quantitative estimate of drug-likeness (QED) is 0.761. The molecule has 0 aliphatic carbocycles. The van der Waals surface area contributed by atoms with Gasteiger partial charge >= 0.3 is 6.72 Å². The van der Waals surface area contributed by atoms with Gasteiger partial charge in [-0.2, -0.15) is 0 Å². The molecule has 0 atom stereocenters. The highest BCUT2D eigenvalue weighted by Crippen LogP contribution is 2.49. The summed E-state index contributed by atoms with van der Waals surface area (Å²) in [6.07, 6.45) is 0. The summed E-state index contributed by atoms with van der Waals surface area (Å²) >= 11 is 5.43. The predicted octanol–water partition coefficient (Wildman–Crippen LogP) is 2.39. The van der Waals surface area contributed by atoms with Crippen LogP contribution in [0.4, 0.5) is 0 Å². The largest absolute Gasteiger partial charge is 0.424 e. The third-order valence-corrected chi connectivity index (χ3v) is 4.95. The van der Waals surface area contributed by atoms with Gasteiger partial charge in [0.15, 0.2) is 0 Å². The fourth-order valence-corrected chi connectivity index (χ4v) is 3.52. The van der Waals surface area contributed by atoms with Gasteiger partial charge in [-0.05, 0) is 12.1 Å². The third kappa shape index (κ3) is 7.15. The van der Waals surface area contributed by atoms with E-state index in [-0.39, 0.29) is 0 Å². The molecule has 1 heterocycles. The molecule has 0 aromatic heterocycles. The molecule has 1 aliphatic heterocycles. The molecule has 0 bridgehead atoms. The molecule has 0 radical (unpaired) electrons. The first-order valence-corrected chi connectivity index (χ1v) is 9.71. The number of ether oxygens (including phenoxy) is 3. The Balaban J connectivity index is 1.90. The lowest BCUT2D eigenvalue weighted by atomic mass is 10.3. The van der Waals surface area contributed by atoms with Crippen molar-refractivity contribution in [3.05, 3.63) is 30.3 Å². The van der Waals surface area contributed by atoms with E-state index in [4.69, 9.17) is 39.6 Å². The Morgan fingerprint density at radius 1 is 0.727 bits per heavy atom. The standard InChI is InChI=1S/C14H21O6PS/c22-21(20-14-4-2-1-3-5-14)18-12-10-16-8-6-15-7-9-17-11-13-19-21/h1-5H,6-13H2. The second-order valence-electron chi connectivity index (χ2n) is 4.36. The van der Waals surface area contributed by atoms with Gasteiger partial charge < -0.3 is 18.7 Å². The Labute approximate surface area is 135 Å². The lowest BCUT2D eigenvalue weighted by Gasteiger charge is -2.22. The minimum Gasteiger partial charge on any atom is -0.424 e. The van der Waals surface area contributed by atoms with Crippen molar-refractivity contribution in [2.45, 2.75) is 0 Å². The van der Waals surface area contributed by atoms with Crippen molar-refractivity contribution in [2.75, 3.05) is 52.9 Å². The van der Waals surface area contributed by atoms with Gasteiger partial charge in [-0.3, -0.25) is 9.05 Å². The van der Waals surface area contributed by atoms with Gasteiger partial charge in [0.1, 0.15) is 5.75 Å².